The molecule has 0 atom stereocenters. The predicted molar refractivity (Wildman–Crippen MR) is 83.5 cm³/mol. The molecule has 0 radical (unpaired) electrons. The Bertz CT molecular complexity index is 604. The van der Waals surface area contributed by atoms with E-state index in [4.69, 9.17) is 5.73 Å². The second kappa shape index (κ2) is 5.66. The van der Waals surface area contributed by atoms with Gasteiger partial charge in [0, 0.05) is 14.2 Å². The number of nitrogens with one attached hydrogen (secondary N) is 1. The number of benzene rings is 1. The number of rotatable bonds is 2. The Morgan fingerprint density at radius 2 is 2.11 bits per heavy atom. The van der Waals surface area contributed by atoms with Crippen molar-refractivity contribution >= 4 is 55.9 Å². The van der Waals surface area contributed by atoms with Crippen molar-refractivity contribution in [2.45, 2.75) is 0 Å². The first kappa shape index (κ1) is 13.3. The van der Waals surface area contributed by atoms with Crippen LogP contribution in [0, 0.1) is 3.57 Å². The third-order valence-electron chi connectivity index (χ3n) is 2.24. The third kappa shape index (κ3) is 2.99. The molecule has 6 heteroatoms. The van der Waals surface area contributed by atoms with Gasteiger partial charge in [-0.3, -0.25) is 4.79 Å². The van der Waals surface area contributed by atoms with E-state index < -0.39 is 0 Å². The maximum atomic E-state index is 12.1. The van der Waals surface area contributed by atoms with Gasteiger partial charge in [-0.05, 0) is 56.7 Å². The lowest BCUT2D eigenvalue weighted by Crippen LogP contribution is -2.14. The van der Waals surface area contributed by atoms with Crippen molar-refractivity contribution in [1.82, 2.24) is 4.98 Å². The van der Waals surface area contributed by atoms with Crippen LogP contribution in [0.5, 0.6) is 0 Å². The molecule has 0 aliphatic carbocycles. The first-order valence-electron chi connectivity index (χ1n) is 5.05. The van der Waals surface area contributed by atoms with Crippen molar-refractivity contribution in [3.05, 3.63) is 50.1 Å². The Kier molecular flexibility index (Phi) is 4.18. The Morgan fingerprint density at radius 3 is 2.83 bits per heavy atom. The minimum atomic E-state index is -0.222. The van der Waals surface area contributed by atoms with E-state index in [1.54, 1.807) is 0 Å². The van der Waals surface area contributed by atoms with Crippen LogP contribution in [0.15, 0.2) is 41.0 Å². The summed E-state index contributed by atoms with van der Waals surface area (Å²) in [6.45, 7) is 0. The number of nitrogens with zero attached hydrogens (tertiary/aromatic N) is 1. The van der Waals surface area contributed by atoms with Gasteiger partial charge in [-0.2, -0.15) is 0 Å². The van der Waals surface area contributed by atoms with Crippen LogP contribution in [0.2, 0.25) is 0 Å². The Labute approximate surface area is 126 Å². The van der Waals surface area contributed by atoms with Gasteiger partial charge in [0.2, 0.25) is 0 Å². The van der Waals surface area contributed by atoms with Crippen LogP contribution in [0.4, 0.5) is 11.5 Å². The number of carbonyl (C=O) groups excluding carboxylic acids is 1. The minimum Gasteiger partial charge on any atom is -0.384 e. The number of carbonyl (C=O) groups is 1. The van der Waals surface area contributed by atoms with Gasteiger partial charge in [-0.25, -0.2) is 4.98 Å². The smallest absolute Gasteiger partial charge is 0.257 e. The fourth-order valence-corrected chi connectivity index (χ4v) is 2.30. The van der Waals surface area contributed by atoms with Gasteiger partial charge in [0.05, 0.1) is 11.3 Å². The molecule has 0 aliphatic heterocycles. The lowest BCUT2D eigenvalue weighted by Gasteiger charge is -2.08. The molecule has 18 heavy (non-hydrogen) atoms. The van der Waals surface area contributed by atoms with Crippen LogP contribution in [0.3, 0.4) is 0 Å². The number of para-hydroxylation sites is 1. The first-order chi connectivity index (χ1) is 8.58. The van der Waals surface area contributed by atoms with Gasteiger partial charge < -0.3 is 11.1 Å². The van der Waals surface area contributed by atoms with Crippen molar-refractivity contribution in [3.8, 4) is 0 Å². The Balaban J connectivity index is 2.28. The van der Waals surface area contributed by atoms with Crippen molar-refractivity contribution < 1.29 is 4.79 Å². The number of anilines is 2. The first-order valence-corrected chi connectivity index (χ1v) is 6.92. The molecule has 0 fully saturated rings. The molecule has 1 aromatic carbocycles. The van der Waals surface area contributed by atoms with E-state index in [0.717, 1.165) is 9.26 Å². The van der Waals surface area contributed by atoms with Gasteiger partial charge in [-0.1, -0.05) is 12.1 Å². The topological polar surface area (TPSA) is 68.0 Å². The highest BCUT2D eigenvalue weighted by Gasteiger charge is 2.12. The molecule has 0 saturated heterocycles. The number of nitrogen functional groups attached to an aromatic ring is 1. The zero-order chi connectivity index (χ0) is 13.1. The largest absolute Gasteiger partial charge is 0.384 e. The van der Waals surface area contributed by atoms with Crippen molar-refractivity contribution in [2.75, 3.05) is 11.1 Å². The summed E-state index contributed by atoms with van der Waals surface area (Å²) in [5.74, 6) is 0.0891. The number of hydrogen-bond donors (Lipinski definition) is 2. The minimum absolute atomic E-state index is 0.222. The van der Waals surface area contributed by atoms with Crippen LogP contribution < -0.4 is 11.1 Å². The van der Waals surface area contributed by atoms with E-state index >= 15 is 0 Å². The zero-order valence-electron chi connectivity index (χ0n) is 9.15. The Morgan fingerprint density at radius 1 is 1.39 bits per heavy atom. The van der Waals surface area contributed by atoms with Crippen LogP contribution in [-0.2, 0) is 0 Å². The standard InChI is InChI=1S/C12H9BrIN3O/c13-8-6-16-11(15)5-7(8)12(18)17-10-4-2-1-3-9(10)14/h1-6H,(H2,15,16)(H,17,18). The Hall–Kier alpha value is -1.15. The molecule has 1 aromatic heterocycles. The number of aromatic nitrogens is 1. The molecule has 1 amide bonds. The summed E-state index contributed by atoms with van der Waals surface area (Å²) < 4.78 is 1.58. The molecule has 1 heterocycles. The van der Waals surface area contributed by atoms with E-state index in [1.165, 1.54) is 12.3 Å². The van der Waals surface area contributed by atoms with Gasteiger partial charge in [0.1, 0.15) is 5.82 Å². The van der Waals surface area contributed by atoms with Gasteiger partial charge in [0.25, 0.3) is 5.91 Å². The van der Waals surface area contributed by atoms with Crippen molar-refractivity contribution in [3.63, 3.8) is 0 Å². The summed E-state index contributed by atoms with van der Waals surface area (Å²) in [6.07, 6.45) is 1.51. The summed E-state index contributed by atoms with van der Waals surface area (Å²) in [5, 5.41) is 2.83. The highest BCUT2D eigenvalue weighted by atomic mass is 127. The summed E-state index contributed by atoms with van der Waals surface area (Å²) >= 11 is 5.45. The molecule has 0 bridgehead atoms. The number of nitrogens with two attached hydrogens (primary N) is 1. The van der Waals surface area contributed by atoms with Crippen molar-refractivity contribution in [1.29, 1.82) is 0 Å². The quantitative estimate of drug-likeness (QED) is 0.736. The lowest BCUT2D eigenvalue weighted by molar-refractivity contribution is 0.102. The third-order valence-corrected chi connectivity index (χ3v) is 3.82. The van der Waals surface area contributed by atoms with E-state index in [-0.39, 0.29) is 5.91 Å². The fraction of sp³-hybridized carbons (Fsp3) is 0. The molecule has 92 valence electrons. The second-order valence-corrected chi connectivity index (χ2v) is 5.54. The summed E-state index contributed by atoms with van der Waals surface area (Å²) in [5.41, 5.74) is 6.80. The highest BCUT2D eigenvalue weighted by Crippen LogP contribution is 2.21. The molecule has 0 aliphatic rings. The molecule has 2 rings (SSSR count). The van der Waals surface area contributed by atoms with Crippen molar-refractivity contribution in [2.24, 2.45) is 0 Å². The fourth-order valence-electron chi connectivity index (χ4n) is 1.38. The van der Waals surface area contributed by atoms with Gasteiger partial charge >= 0.3 is 0 Å². The molecule has 0 spiro atoms. The zero-order valence-corrected chi connectivity index (χ0v) is 12.9. The molecule has 0 unspecified atom stereocenters. The average Bonchev–Trinajstić information content (AvgIpc) is 2.35. The molecule has 4 nitrogen and oxygen atoms in total. The van der Waals surface area contributed by atoms with Crippen LogP contribution in [-0.4, -0.2) is 10.9 Å². The maximum absolute atomic E-state index is 12.1. The number of pyridine rings is 1. The van der Waals surface area contributed by atoms with Crippen LogP contribution in [0.25, 0.3) is 0 Å². The predicted octanol–water partition coefficient (Wildman–Crippen LogP) is 3.28. The van der Waals surface area contributed by atoms with E-state index in [9.17, 15) is 4.79 Å². The summed E-state index contributed by atoms with van der Waals surface area (Å²) in [6, 6.07) is 9.09. The van der Waals surface area contributed by atoms with Gasteiger partial charge in [0.15, 0.2) is 0 Å². The SMILES string of the molecule is Nc1cc(C(=O)Nc2ccccc2I)c(Br)cn1. The molecule has 2 aromatic rings. The molecule has 3 N–H and O–H groups in total. The number of halogens is 2. The van der Waals surface area contributed by atoms with Crippen LogP contribution in [0.1, 0.15) is 10.4 Å². The summed E-state index contributed by atoms with van der Waals surface area (Å²) in [7, 11) is 0. The summed E-state index contributed by atoms with van der Waals surface area (Å²) in [4.78, 5) is 16.0. The normalized spacial score (nSPS) is 10.1. The molecular formula is C12H9BrIN3O. The second-order valence-electron chi connectivity index (χ2n) is 3.52. The van der Waals surface area contributed by atoms with Gasteiger partial charge in [-0.15, -0.1) is 0 Å². The lowest BCUT2D eigenvalue weighted by atomic mass is 10.2. The molecule has 0 saturated carbocycles. The van der Waals surface area contributed by atoms with E-state index in [1.807, 2.05) is 24.3 Å². The monoisotopic (exact) mass is 417 g/mol. The number of hydrogen-bond acceptors (Lipinski definition) is 3. The maximum Gasteiger partial charge on any atom is 0.257 e. The highest BCUT2D eigenvalue weighted by molar-refractivity contribution is 14.1. The molecular weight excluding hydrogens is 409 g/mol. The van der Waals surface area contributed by atoms with E-state index in [0.29, 0.717) is 15.9 Å². The average molecular weight is 418 g/mol. The number of amides is 1. The van der Waals surface area contributed by atoms with E-state index in [2.05, 4.69) is 48.8 Å². The van der Waals surface area contributed by atoms with Crippen LogP contribution >= 0.6 is 38.5 Å².